The highest BCUT2D eigenvalue weighted by atomic mass is 35.5. The van der Waals surface area contributed by atoms with Gasteiger partial charge in [0.25, 0.3) is 23.6 Å². The average molecular weight is 1600 g/mol. The van der Waals surface area contributed by atoms with Crippen molar-refractivity contribution in [1.82, 2.24) is 40.0 Å². The zero-order valence-corrected chi connectivity index (χ0v) is 65.0. The van der Waals surface area contributed by atoms with Gasteiger partial charge >= 0.3 is 6.18 Å². The Morgan fingerprint density at radius 2 is 1.03 bits per heavy atom. The number of carbonyl (C=O) groups excluding carboxylic acids is 4. The summed E-state index contributed by atoms with van der Waals surface area (Å²) in [6, 6.07) is 40.6. The standard InChI is InChI=1S/C23H18F3N3O3S.C23H27N3O3.C20H21ClN4O.C18H13ClN4OS/c1-14-6-7-15-12-20(22(30)27-17-4-3-5-19(13-17)33(2,31)32)28-21(15)29(14)18-10-8-16(9-11-18)23(24,25)26;1-15(2)29-19-10-8-18(9-11-19)26-16(3)6-7-17-13-21(25-22(17)26)23(27)24-14-20-5-4-12-28-20;1-14-3-4-15-13-18(20(26)24-11-9-23(2)10-12-24)22-19(15)25(14)17-7-5-16(21)6-8-17;1-11-2-3-12-10-15(17(24)22-18-20-8-9-25-18)21-16(12)23(11)14-6-4-13(19)5-7-14/h3-13,28H,1H2,2H3,(H,27,30);6-11,13,15,20,25H,3-5,12,14H2,1-2H3,(H,24,27);3-8,13,22H,1,9-12H2,2H3;2-10,21H,1H2,(H,20,22,24). The van der Waals surface area contributed by atoms with Crippen molar-refractivity contribution < 1.29 is 50.2 Å². The molecule has 0 spiro atoms. The molecular formula is C84H79Cl2F3N14O8S2. The predicted molar refractivity (Wildman–Crippen MR) is 443 cm³/mol. The maximum atomic E-state index is 12.9. The summed E-state index contributed by atoms with van der Waals surface area (Å²) in [5.41, 5.74) is 11.0. The van der Waals surface area contributed by atoms with Crippen molar-refractivity contribution >= 4 is 149 Å². The van der Waals surface area contributed by atoms with Crippen LogP contribution in [0.2, 0.25) is 10.0 Å². The minimum atomic E-state index is -4.45. The quantitative estimate of drug-likeness (QED) is 0.0504. The first-order chi connectivity index (χ1) is 54.1. The highest BCUT2D eigenvalue weighted by Gasteiger charge is 2.33. The Morgan fingerprint density at radius 1 is 0.593 bits per heavy atom. The average Bonchev–Trinajstić information content (AvgIpc) is 1.66. The number of nitrogens with zero attached hydrogens (tertiary/aromatic N) is 7. The topological polar surface area (TPSA) is 252 Å². The van der Waals surface area contributed by atoms with E-state index in [0.29, 0.717) is 67.3 Å². The van der Waals surface area contributed by atoms with Crippen molar-refractivity contribution in [1.29, 1.82) is 0 Å². The smallest absolute Gasteiger partial charge is 0.416 e. The van der Waals surface area contributed by atoms with Crippen molar-refractivity contribution in [2.75, 3.05) is 82.9 Å². The second kappa shape index (κ2) is 33.8. The van der Waals surface area contributed by atoms with Crippen LogP contribution in [0.3, 0.4) is 0 Å². The molecule has 6 aliphatic rings. The normalized spacial score (nSPS) is 15.6. The zero-order valence-electron chi connectivity index (χ0n) is 61.9. The number of alkyl halides is 3. The number of carbonyl (C=O) groups is 4. The Bertz CT molecular complexity index is 5520. The van der Waals surface area contributed by atoms with Gasteiger partial charge in [0.2, 0.25) is 0 Å². The monoisotopic (exact) mass is 1600 g/mol. The molecule has 6 aliphatic heterocycles. The minimum absolute atomic E-state index is 0.0440. The third-order valence-electron chi connectivity index (χ3n) is 18.7. The number of piperazine rings is 1. The van der Waals surface area contributed by atoms with Gasteiger partial charge in [-0.15, -0.1) is 11.3 Å². The number of nitrogens with one attached hydrogen (secondary N) is 7. The second-order valence-electron chi connectivity index (χ2n) is 27.2. The van der Waals surface area contributed by atoms with Crippen LogP contribution in [0.1, 0.15) is 96.5 Å². The third-order valence-corrected chi connectivity index (χ3v) is 21.0. The number of aromatic nitrogens is 5. The number of ether oxygens (including phenoxy) is 2. The van der Waals surface area contributed by atoms with Gasteiger partial charge in [-0.05, 0) is 222 Å². The van der Waals surface area contributed by atoms with Crippen molar-refractivity contribution in [3.63, 3.8) is 0 Å². The van der Waals surface area contributed by atoms with E-state index in [1.165, 1.54) is 41.7 Å². The van der Waals surface area contributed by atoms with Crippen LogP contribution in [-0.2, 0) is 20.8 Å². The number of anilines is 10. The SMILES string of the molecule is C=C1C=Cc2cc(C(=O)N3CCN(C)CC3)[nH]c2N1c1ccc(Cl)cc1.C=C1C=Cc2cc(C(=O)NCC3CCCO3)[nH]c2N1c1ccc(OC(C)C)cc1.C=C1C=Cc2cc(C(=O)Nc3cccc(S(C)(=O)=O)c3)[nH]c2N1c1ccc(C(F)(F)F)cc1.C=C1C=Cc2cc(C(=O)Nc3nccs3)[nH]c2N1c1ccc(Cl)cc1. The summed E-state index contributed by atoms with van der Waals surface area (Å²) in [5.74, 6) is 2.94. The van der Waals surface area contributed by atoms with E-state index in [9.17, 15) is 40.8 Å². The molecule has 1 atom stereocenters. The Balaban J connectivity index is 0.000000132. The lowest BCUT2D eigenvalue weighted by Gasteiger charge is -2.32. The van der Waals surface area contributed by atoms with Crippen molar-refractivity contribution in [3.05, 3.63) is 291 Å². The number of thiazole rings is 1. The highest BCUT2D eigenvalue weighted by Crippen LogP contribution is 2.43. The fraction of sp³-hybridized carbons (Fsp3) is 0.179. The molecule has 1 unspecified atom stereocenters. The Hall–Kier alpha value is -12.1. The van der Waals surface area contributed by atoms with E-state index in [2.05, 4.69) is 79.1 Å². The number of benzene rings is 5. The molecule has 11 heterocycles. The Morgan fingerprint density at radius 3 is 1.45 bits per heavy atom. The number of likely N-dealkylation sites (N-methyl/N-ethyl adjacent to an activating group) is 1. The number of fused-ring (bicyclic) bond motifs is 4. The number of allylic oxidation sites excluding steroid dienone is 4. The molecule has 22 nitrogen and oxygen atoms in total. The van der Waals surface area contributed by atoms with Crippen LogP contribution in [0.4, 0.5) is 70.0 Å². The van der Waals surface area contributed by atoms with Gasteiger partial charge in [-0.1, -0.05) is 55.6 Å². The van der Waals surface area contributed by atoms with Gasteiger partial charge in [0.05, 0.1) is 22.7 Å². The molecule has 0 radical (unpaired) electrons. The minimum Gasteiger partial charge on any atom is -0.491 e. The fourth-order valence-corrected chi connectivity index (χ4v) is 14.5. The van der Waals surface area contributed by atoms with E-state index >= 15 is 0 Å². The molecule has 0 bridgehead atoms. The predicted octanol–water partition coefficient (Wildman–Crippen LogP) is 18.5. The van der Waals surface area contributed by atoms with E-state index in [-0.39, 0.29) is 40.5 Å². The Labute approximate surface area is 665 Å². The van der Waals surface area contributed by atoms with Gasteiger partial charge in [-0.3, -0.25) is 44.1 Å². The summed E-state index contributed by atoms with van der Waals surface area (Å²) in [5, 5.41) is 12.1. The molecule has 580 valence electrons. The van der Waals surface area contributed by atoms with Gasteiger partial charge < -0.3 is 49.8 Å². The molecule has 4 amide bonds. The number of halogens is 5. The molecule has 10 aromatic rings. The zero-order chi connectivity index (χ0) is 80.0. The van der Waals surface area contributed by atoms with E-state index in [0.717, 1.165) is 138 Å². The molecule has 2 fully saturated rings. The number of hydrogen-bond acceptors (Lipinski definition) is 15. The van der Waals surface area contributed by atoms with Gasteiger partial charge in [0, 0.05) is 141 Å². The van der Waals surface area contributed by atoms with Crippen molar-refractivity contribution in [3.8, 4) is 5.75 Å². The summed E-state index contributed by atoms with van der Waals surface area (Å²) in [4.78, 5) is 79.3. The second-order valence-corrected chi connectivity index (χ2v) is 31.0. The van der Waals surface area contributed by atoms with Crippen molar-refractivity contribution in [2.24, 2.45) is 0 Å². The first-order valence-electron chi connectivity index (χ1n) is 35.8. The molecule has 7 N–H and O–H groups in total. The van der Waals surface area contributed by atoms with Crippen LogP contribution < -0.4 is 40.3 Å². The molecule has 29 heteroatoms. The van der Waals surface area contributed by atoms with Gasteiger partial charge in [0.1, 0.15) is 51.8 Å². The van der Waals surface area contributed by atoms with E-state index < -0.39 is 27.5 Å². The van der Waals surface area contributed by atoms with Crippen LogP contribution in [0.5, 0.6) is 5.75 Å². The largest absolute Gasteiger partial charge is 0.491 e. The van der Waals surface area contributed by atoms with Crippen molar-refractivity contribution in [2.45, 2.75) is 50.0 Å². The van der Waals surface area contributed by atoms with Crippen LogP contribution >= 0.6 is 34.5 Å². The lowest BCUT2D eigenvalue weighted by molar-refractivity contribution is -0.137. The van der Waals surface area contributed by atoms with Gasteiger partial charge in [-0.2, -0.15) is 13.2 Å². The number of aromatic amines is 4. The third kappa shape index (κ3) is 18.6. The molecule has 5 aromatic heterocycles. The number of rotatable bonds is 15. The summed E-state index contributed by atoms with van der Waals surface area (Å²) >= 11 is 13.4. The summed E-state index contributed by atoms with van der Waals surface area (Å²) < 4.78 is 73.5. The fourth-order valence-electron chi connectivity index (χ4n) is 13.0. The summed E-state index contributed by atoms with van der Waals surface area (Å²) in [6.45, 7) is 24.9. The van der Waals surface area contributed by atoms with Gasteiger partial charge in [-0.25, -0.2) is 13.4 Å². The van der Waals surface area contributed by atoms with Crippen LogP contribution in [0.25, 0.3) is 24.3 Å². The highest BCUT2D eigenvalue weighted by molar-refractivity contribution is 7.90. The lowest BCUT2D eigenvalue weighted by Crippen LogP contribution is -2.47. The maximum absolute atomic E-state index is 12.9. The molecule has 5 aromatic carbocycles. The number of sulfone groups is 1. The molecule has 113 heavy (non-hydrogen) atoms. The van der Waals surface area contributed by atoms with Crippen LogP contribution in [0.15, 0.2) is 235 Å². The van der Waals surface area contributed by atoms with E-state index in [1.807, 2.05) is 166 Å². The number of hydrogen-bond donors (Lipinski definition) is 7. The van der Waals surface area contributed by atoms with Gasteiger partial charge in [0.15, 0.2) is 15.0 Å². The first kappa shape index (κ1) is 79.0. The maximum Gasteiger partial charge on any atom is 0.416 e. The molecule has 0 aliphatic carbocycles. The molecular weight excluding hydrogens is 1530 g/mol. The van der Waals surface area contributed by atoms with E-state index in [4.69, 9.17) is 32.7 Å². The Kier molecular flexibility index (Phi) is 23.7. The van der Waals surface area contributed by atoms with E-state index in [1.54, 1.807) is 35.4 Å². The van der Waals surface area contributed by atoms with Crippen LogP contribution in [0, 0.1) is 0 Å². The summed E-state index contributed by atoms with van der Waals surface area (Å²) in [6.07, 6.45) is 15.7. The summed E-state index contributed by atoms with van der Waals surface area (Å²) in [7, 11) is -1.36. The number of H-pyrrole nitrogens is 4. The lowest BCUT2D eigenvalue weighted by atomic mass is 10.1. The van der Waals surface area contributed by atoms with Crippen LogP contribution in [-0.4, -0.2) is 132 Å². The molecule has 16 rings (SSSR count). The first-order valence-corrected chi connectivity index (χ1v) is 39.4. The number of amides is 4. The molecule has 0 saturated carbocycles. The molecule has 2 saturated heterocycles.